The highest BCUT2D eigenvalue weighted by Crippen LogP contribution is 2.34. The summed E-state index contributed by atoms with van der Waals surface area (Å²) >= 11 is 0. The van der Waals surface area contributed by atoms with Crippen LogP contribution in [0.4, 0.5) is 5.69 Å². The molecule has 0 bridgehead atoms. The Labute approximate surface area is 147 Å². The molecule has 0 radical (unpaired) electrons. The molecule has 0 amide bonds. The lowest BCUT2D eigenvalue weighted by Gasteiger charge is -2.13. The topological polar surface area (TPSA) is 113 Å². The molecule has 0 fully saturated rings. The molecule has 132 valence electrons. The fourth-order valence-corrected chi connectivity index (χ4v) is 2.55. The Morgan fingerprint density at radius 3 is 2.58 bits per heavy atom. The molecule has 0 saturated carbocycles. The molecule has 3 rings (SSSR count). The number of ether oxygens (including phenoxy) is 1. The Bertz CT molecular complexity index is 1150. The van der Waals surface area contributed by atoms with Crippen LogP contribution in [0.2, 0.25) is 0 Å². The average Bonchev–Trinajstić information content (AvgIpc) is 2.91. The lowest BCUT2D eigenvalue weighted by atomic mass is 10.1. The molecule has 1 N–H and O–H groups in total. The van der Waals surface area contributed by atoms with E-state index in [0.29, 0.717) is 11.0 Å². The summed E-state index contributed by atoms with van der Waals surface area (Å²) in [4.78, 5) is 23.0. The van der Waals surface area contributed by atoms with Gasteiger partial charge in [-0.2, -0.15) is 0 Å². The van der Waals surface area contributed by atoms with Crippen LogP contribution in [0.3, 0.4) is 0 Å². The standard InChI is InChI=1S/C18H15N3O5/c1-11-14(18(23)20(19-11)13-6-4-3-5-7-13)8-12-9-15(21(24)25)17(22)16(10-12)26-2/h3-10,19,22H,1H2,2H3/p-1/b14-8-. The van der Waals surface area contributed by atoms with Crippen molar-refractivity contribution in [2.75, 3.05) is 7.11 Å². The molecule has 8 heteroatoms. The number of hydrogen-bond acceptors (Lipinski definition) is 5. The second kappa shape index (κ2) is 6.60. The minimum Gasteiger partial charge on any atom is -0.865 e. The minimum atomic E-state index is -0.819. The van der Waals surface area contributed by atoms with Crippen molar-refractivity contribution in [2.24, 2.45) is 0 Å². The van der Waals surface area contributed by atoms with E-state index in [0.717, 1.165) is 6.07 Å². The normalized spacial score (nSPS) is 11.5. The summed E-state index contributed by atoms with van der Waals surface area (Å²) in [5.74, 6) is -0.991. The Balaban J connectivity index is 2.23. The minimum absolute atomic E-state index is 0.171. The molecular formula is C18H14N3O5-. The maximum absolute atomic E-state index is 12.7. The molecule has 0 atom stereocenters. The van der Waals surface area contributed by atoms with Crippen LogP contribution in [0.5, 0.6) is 11.5 Å². The first-order valence-corrected chi connectivity index (χ1v) is 7.53. The van der Waals surface area contributed by atoms with Gasteiger partial charge in [0.1, 0.15) is 5.75 Å². The Morgan fingerprint density at radius 2 is 1.96 bits per heavy atom. The third kappa shape index (κ3) is 2.95. The fourth-order valence-electron chi connectivity index (χ4n) is 2.55. The van der Waals surface area contributed by atoms with Gasteiger partial charge in [0.2, 0.25) is 0 Å². The third-order valence-electron chi connectivity index (χ3n) is 3.80. The van der Waals surface area contributed by atoms with Gasteiger partial charge in [0.05, 0.1) is 28.3 Å². The number of rotatable bonds is 4. The van der Waals surface area contributed by atoms with E-state index in [1.54, 1.807) is 24.3 Å². The second-order valence-electron chi connectivity index (χ2n) is 5.45. The van der Waals surface area contributed by atoms with Crippen LogP contribution >= 0.6 is 0 Å². The van der Waals surface area contributed by atoms with Gasteiger partial charge in [0.15, 0.2) is 0 Å². The molecule has 0 aliphatic carbocycles. The summed E-state index contributed by atoms with van der Waals surface area (Å²) in [6.07, 6.45) is 1.43. The van der Waals surface area contributed by atoms with Gasteiger partial charge in [0, 0.05) is 11.8 Å². The molecule has 3 aromatic rings. The number of aromatic amines is 1. The van der Waals surface area contributed by atoms with Crippen molar-refractivity contribution >= 4 is 18.3 Å². The van der Waals surface area contributed by atoms with E-state index in [4.69, 9.17) is 4.74 Å². The van der Waals surface area contributed by atoms with Gasteiger partial charge < -0.3 is 9.84 Å². The molecule has 1 heterocycles. The SMILES string of the molecule is C=c1[nH]n(-c2ccccc2)c(=O)/c1=C\c1cc(OC)c([O-])c([N+](=O)[O-])c1. The highest BCUT2D eigenvalue weighted by molar-refractivity contribution is 5.63. The number of H-pyrrole nitrogens is 1. The number of nitrogens with zero attached hydrogens (tertiary/aromatic N) is 2. The summed E-state index contributed by atoms with van der Waals surface area (Å²) in [6, 6.07) is 11.3. The molecular weight excluding hydrogens is 338 g/mol. The van der Waals surface area contributed by atoms with Gasteiger partial charge in [-0.3, -0.25) is 20.0 Å². The summed E-state index contributed by atoms with van der Waals surface area (Å²) in [7, 11) is 1.25. The van der Waals surface area contributed by atoms with E-state index in [1.807, 2.05) is 6.07 Å². The van der Waals surface area contributed by atoms with Crippen molar-refractivity contribution in [3.05, 3.63) is 79.1 Å². The first-order valence-electron chi connectivity index (χ1n) is 7.53. The largest absolute Gasteiger partial charge is 0.865 e. The van der Waals surface area contributed by atoms with Crippen LogP contribution in [0.1, 0.15) is 5.56 Å². The molecule has 0 aliphatic heterocycles. The van der Waals surface area contributed by atoms with Gasteiger partial charge in [-0.1, -0.05) is 24.8 Å². The van der Waals surface area contributed by atoms with E-state index in [1.165, 1.54) is 23.9 Å². The number of benzene rings is 2. The fraction of sp³-hybridized carbons (Fsp3) is 0.0556. The van der Waals surface area contributed by atoms with Gasteiger partial charge in [-0.05, 0) is 29.8 Å². The number of hydrogen-bond donors (Lipinski definition) is 1. The number of methoxy groups -OCH3 is 1. The van der Waals surface area contributed by atoms with Crippen LogP contribution < -0.4 is 26.0 Å². The highest BCUT2D eigenvalue weighted by atomic mass is 16.6. The zero-order valence-corrected chi connectivity index (χ0v) is 13.8. The molecule has 0 spiro atoms. The average molecular weight is 352 g/mol. The monoisotopic (exact) mass is 352 g/mol. The van der Waals surface area contributed by atoms with E-state index in [9.17, 15) is 20.0 Å². The second-order valence-corrected chi connectivity index (χ2v) is 5.45. The van der Waals surface area contributed by atoms with Crippen molar-refractivity contribution in [3.63, 3.8) is 0 Å². The van der Waals surface area contributed by atoms with Crippen LogP contribution in [-0.2, 0) is 0 Å². The van der Waals surface area contributed by atoms with Crippen molar-refractivity contribution in [1.29, 1.82) is 0 Å². The van der Waals surface area contributed by atoms with Crippen molar-refractivity contribution in [2.45, 2.75) is 0 Å². The highest BCUT2D eigenvalue weighted by Gasteiger charge is 2.13. The van der Waals surface area contributed by atoms with Crippen LogP contribution in [0, 0.1) is 10.1 Å². The molecule has 0 aliphatic rings. The van der Waals surface area contributed by atoms with Crippen molar-refractivity contribution < 1.29 is 14.8 Å². The van der Waals surface area contributed by atoms with Gasteiger partial charge in [-0.25, -0.2) is 4.68 Å². The quantitative estimate of drug-likeness (QED) is 0.539. The molecule has 26 heavy (non-hydrogen) atoms. The summed E-state index contributed by atoms with van der Waals surface area (Å²) in [5.41, 5.74) is -0.0796. The van der Waals surface area contributed by atoms with Gasteiger partial charge in [0.25, 0.3) is 11.2 Å². The van der Waals surface area contributed by atoms with Crippen LogP contribution in [0.15, 0.2) is 47.3 Å². The smallest absolute Gasteiger partial charge is 0.279 e. The third-order valence-corrected chi connectivity index (χ3v) is 3.80. The van der Waals surface area contributed by atoms with E-state index in [2.05, 4.69) is 11.7 Å². The molecule has 0 unspecified atom stereocenters. The number of nitro groups is 1. The maximum Gasteiger partial charge on any atom is 0.279 e. The van der Waals surface area contributed by atoms with E-state index < -0.39 is 16.4 Å². The van der Waals surface area contributed by atoms with Crippen molar-refractivity contribution in [1.82, 2.24) is 9.78 Å². The van der Waals surface area contributed by atoms with E-state index >= 15 is 0 Å². The molecule has 8 nitrogen and oxygen atoms in total. The zero-order chi connectivity index (χ0) is 18.8. The first kappa shape index (κ1) is 17.0. The van der Waals surface area contributed by atoms with Gasteiger partial charge in [-0.15, -0.1) is 0 Å². The van der Waals surface area contributed by atoms with Crippen LogP contribution in [-0.4, -0.2) is 21.8 Å². The first-order chi connectivity index (χ1) is 12.4. The summed E-state index contributed by atoms with van der Waals surface area (Å²) < 4.78 is 6.23. The van der Waals surface area contributed by atoms with Crippen molar-refractivity contribution in [3.8, 4) is 17.2 Å². The zero-order valence-electron chi connectivity index (χ0n) is 13.8. The Morgan fingerprint density at radius 1 is 1.27 bits per heavy atom. The van der Waals surface area contributed by atoms with Crippen LogP contribution in [0.25, 0.3) is 18.3 Å². The lowest BCUT2D eigenvalue weighted by Crippen LogP contribution is -2.33. The predicted octanol–water partition coefficient (Wildman–Crippen LogP) is 0.395. The summed E-state index contributed by atoms with van der Waals surface area (Å²) in [5, 5.41) is 26.4. The molecule has 1 aromatic heterocycles. The molecule has 2 aromatic carbocycles. The summed E-state index contributed by atoms with van der Waals surface area (Å²) in [6.45, 7) is 3.81. The lowest BCUT2D eigenvalue weighted by molar-refractivity contribution is -0.398. The predicted molar refractivity (Wildman–Crippen MR) is 93.8 cm³/mol. The molecule has 0 saturated heterocycles. The van der Waals surface area contributed by atoms with E-state index in [-0.39, 0.29) is 22.1 Å². The number of nitrogens with one attached hydrogen (secondary N) is 1. The number of nitro benzene ring substituents is 1. The Kier molecular flexibility index (Phi) is 4.32. The number of para-hydroxylation sites is 1. The van der Waals surface area contributed by atoms with Gasteiger partial charge >= 0.3 is 0 Å². The Hall–Kier alpha value is -3.81. The number of aromatic nitrogens is 2. The maximum atomic E-state index is 12.7.